The number of nitrogens with zero attached hydrogens (tertiary/aromatic N) is 2. The van der Waals surface area contributed by atoms with E-state index in [0.717, 1.165) is 62.1 Å². The van der Waals surface area contributed by atoms with Crippen molar-refractivity contribution in [1.82, 2.24) is 10.4 Å². The fourth-order valence-corrected chi connectivity index (χ4v) is 6.43. The molecule has 7 heteroatoms. The molecule has 0 spiro atoms. The number of rotatable bonds is 8. The van der Waals surface area contributed by atoms with Crippen LogP contribution in [0.25, 0.3) is 0 Å². The van der Waals surface area contributed by atoms with Gasteiger partial charge in [-0.3, -0.25) is 9.73 Å². The van der Waals surface area contributed by atoms with Gasteiger partial charge in [0.1, 0.15) is 5.75 Å². The van der Waals surface area contributed by atoms with Gasteiger partial charge in [-0.2, -0.15) is 0 Å². The number of benzene rings is 2. The summed E-state index contributed by atoms with van der Waals surface area (Å²) < 4.78 is 32.6. The van der Waals surface area contributed by atoms with Crippen LogP contribution < -0.4 is 14.5 Å². The van der Waals surface area contributed by atoms with E-state index in [2.05, 4.69) is 40.8 Å². The molecule has 32 heavy (non-hydrogen) atoms. The van der Waals surface area contributed by atoms with E-state index in [1.807, 2.05) is 18.2 Å². The maximum atomic E-state index is 12.7. The van der Waals surface area contributed by atoms with Crippen LogP contribution in [0.15, 0.2) is 48.5 Å². The number of ether oxygens (including phenoxy) is 1. The van der Waals surface area contributed by atoms with E-state index in [1.54, 1.807) is 11.4 Å². The lowest BCUT2D eigenvalue weighted by Crippen LogP contribution is -2.43. The molecule has 1 unspecified atom stereocenters. The highest BCUT2D eigenvalue weighted by atomic mass is 32.2. The summed E-state index contributed by atoms with van der Waals surface area (Å²) in [5.74, 6) is 0.773. The van der Waals surface area contributed by atoms with E-state index >= 15 is 0 Å². The van der Waals surface area contributed by atoms with Crippen molar-refractivity contribution >= 4 is 15.7 Å². The molecule has 4 rings (SSSR count). The van der Waals surface area contributed by atoms with E-state index in [-0.39, 0.29) is 6.04 Å². The molecule has 0 bridgehead atoms. The monoisotopic (exact) mass is 457 g/mol. The molecule has 6 nitrogen and oxygen atoms in total. The Kier molecular flexibility index (Phi) is 7.38. The Bertz CT molecular complexity index is 991. The second-order valence-electron chi connectivity index (χ2n) is 8.94. The Morgan fingerprint density at radius 2 is 1.75 bits per heavy atom. The SMILES string of the molecule is COc1ccc(N(C2CCCC2)S(C)(=O)=O)cc1CNN1CCCCC1c1ccccc1. The predicted octanol–water partition coefficient (Wildman–Crippen LogP) is 4.64. The predicted molar refractivity (Wildman–Crippen MR) is 129 cm³/mol. The minimum Gasteiger partial charge on any atom is -0.496 e. The Balaban J connectivity index is 1.56. The lowest BCUT2D eigenvalue weighted by Gasteiger charge is -2.36. The number of methoxy groups -OCH3 is 1. The van der Waals surface area contributed by atoms with Gasteiger partial charge in [0.15, 0.2) is 0 Å². The number of piperidine rings is 1. The molecule has 1 heterocycles. The fraction of sp³-hybridized carbons (Fsp3) is 0.520. The first-order chi connectivity index (χ1) is 15.5. The van der Waals surface area contributed by atoms with Crippen molar-refractivity contribution in [2.45, 2.75) is 63.6 Å². The van der Waals surface area contributed by atoms with Gasteiger partial charge in [-0.25, -0.2) is 13.4 Å². The van der Waals surface area contributed by atoms with Crippen molar-refractivity contribution in [1.29, 1.82) is 0 Å². The van der Waals surface area contributed by atoms with Crippen molar-refractivity contribution in [3.8, 4) is 5.75 Å². The zero-order chi connectivity index (χ0) is 22.6. The standard InChI is InChI=1S/C25H35N3O3S/c1-31-25-16-15-23(28(32(2,29)30)22-12-6-7-13-22)18-21(25)19-26-27-17-9-8-14-24(27)20-10-4-3-5-11-20/h3-5,10-11,15-16,18,22,24,26H,6-9,12-14,17,19H2,1-2H3. The highest BCUT2D eigenvalue weighted by Gasteiger charge is 2.30. The fourth-order valence-electron chi connectivity index (χ4n) is 5.18. The van der Waals surface area contributed by atoms with Gasteiger partial charge in [-0.15, -0.1) is 0 Å². The quantitative estimate of drug-likeness (QED) is 0.626. The van der Waals surface area contributed by atoms with Crippen LogP contribution in [0.5, 0.6) is 5.75 Å². The summed E-state index contributed by atoms with van der Waals surface area (Å²) in [6, 6.07) is 16.8. The van der Waals surface area contributed by atoms with Crippen molar-refractivity contribution in [2.24, 2.45) is 0 Å². The van der Waals surface area contributed by atoms with Crippen molar-refractivity contribution in [2.75, 3.05) is 24.2 Å². The Labute approximate surface area is 192 Å². The summed E-state index contributed by atoms with van der Waals surface area (Å²) >= 11 is 0. The molecule has 0 amide bonds. The summed E-state index contributed by atoms with van der Waals surface area (Å²) in [7, 11) is -1.69. The summed E-state index contributed by atoms with van der Waals surface area (Å²) in [4.78, 5) is 0. The van der Waals surface area contributed by atoms with E-state index in [1.165, 1.54) is 18.2 Å². The molecule has 0 radical (unpaired) electrons. The average molecular weight is 458 g/mol. The molecule has 0 aromatic heterocycles. The van der Waals surface area contributed by atoms with Gasteiger partial charge in [0.05, 0.1) is 19.1 Å². The molecule has 2 aromatic rings. The van der Waals surface area contributed by atoms with Crippen LogP contribution in [0.1, 0.15) is 62.1 Å². The number of anilines is 1. The maximum Gasteiger partial charge on any atom is 0.232 e. The zero-order valence-electron chi connectivity index (χ0n) is 19.2. The third-order valence-electron chi connectivity index (χ3n) is 6.69. The van der Waals surface area contributed by atoms with E-state index in [9.17, 15) is 8.42 Å². The van der Waals surface area contributed by atoms with Gasteiger partial charge in [-0.1, -0.05) is 49.6 Å². The largest absolute Gasteiger partial charge is 0.496 e. The highest BCUT2D eigenvalue weighted by Crippen LogP contribution is 2.34. The van der Waals surface area contributed by atoms with Crippen molar-refractivity contribution in [3.05, 3.63) is 59.7 Å². The summed E-state index contributed by atoms with van der Waals surface area (Å²) in [5.41, 5.74) is 6.64. The van der Waals surface area contributed by atoms with Crippen LogP contribution in [-0.4, -0.2) is 39.4 Å². The molecule has 1 atom stereocenters. The molecule has 2 fully saturated rings. The number of nitrogens with one attached hydrogen (secondary N) is 1. The first-order valence-corrected chi connectivity index (χ1v) is 13.5. The number of hydrazine groups is 1. The normalized spacial score (nSPS) is 20.4. The Morgan fingerprint density at radius 1 is 1.03 bits per heavy atom. The maximum absolute atomic E-state index is 12.7. The van der Waals surface area contributed by atoms with Gasteiger partial charge >= 0.3 is 0 Å². The second kappa shape index (κ2) is 10.2. The molecule has 1 aliphatic carbocycles. The number of hydrogen-bond donors (Lipinski definition) is 1. The van der Waals surface area contributed by atoms with Crippen LogP contribution in [0, 0.1) is 0 Å². The summed E-state index contributed by atoms with van der Waals surface area (Å²) in [6.07, 6.45) is 8.81. The average Bonchev–Trinajstić information content (AvgIpc) is 3.32. The molecular weight excluding hydrogens is 422 g/mol. The minimum absolute atomic E-state index is 0.0451. The summed E-state index contributed by atoms with van der Waals surface area (Å²) in [6.45, 7) is 1.57. The first kappa shape index (κ1) is 23.1. The van der Waals surface area contributed by atoms with E-state index < -0.39 is 10.0 Å². The van der Waals surface area contributed by atoms with Gasteiger partial charge in [0, 0.05) is 30.7 Å². The molecule has 1 saturated heterocycles. The van der Waals surface area contributed by atoms with Crippen LogP contribution in [0.4, 0.5) is 5.69 Å². The molecule has 174 valence electrons. The Morgan fingerprint density at radius 3 is 2.44 bits per heavy atom. The Hall–Kier alpha value is -2.09. The molecule has 1 aliphatic heterocycles. The zero-order valence-corrected chi connectivity index (χ0v) is 20.0. The highest BCUT2D eigenvalue weighted by molar-refractivity contribution is 7.92. The van der Waals surface area contributed by atoms with Crippen molar-refractivity contribution in [3.63, 3.8) is 0 Å². The van der Waals surface area contributed by atoms with Crippen LogP contribution in [0.2, 0.25) is 0 Å². The lowest BCUT2D eigenvalue weighted by atomic mass is 9.97. The van der Waals surface area contributed by atoms with Gasteiger partial charge < -0.3 is 4.74 Å². The molecule has 1 saturated carbocycles. The van der Waals surface area contributed by atoms with Crippen LogP contribution in [0.3, 0.4) is 0 Å². The lowest BCUT2D eigenvalue weighted by molar-refractivity contribution is 0.0822. The molecular formula is C25H35N3O3S. The van der Waals surface area contributed by atoms with Crippen LogP contribution in [-0.2, 0) is 16.6 Å². The molecule has 1 N–H and O–H groups in total. The third-order valence-corrected chi connectivity index (χ3v) is 7.92. The smallest absolute Gasteiger partial charge is 0.232 e. The van der Waals surface area contributed by atoms with E-state index in [0.29, 0.717) is 12.6 Å². The first-order valence-electron chi connectivity index (χ1n) is 11.7. The van der Waals surface area contributed by atoms with Crippen molar-refractivity contribution < 1.29 is 13.2 Å². The minimum atomic E-state index is -3.36. The molecule has 2 aromatic carbocycles. The van der Waals surface area contributed by atoms with E-state index in [4.69, 9.17) is 4.74 Å². The number of sulfonamides is 1. The number of hydrogen-bond acceptors (Lipinski definition) is 5. The second-order valence-corrected chi connectivity index (χ2v) is 10.8. The van der Waals surface area contributed by atoms with Gasteiger partial charge in [-0.05, 0) is 49.4 Å². The molecule has 2 aliphatic rings. The van der Waals surface area contributed by atoms with Gasteiger partial charge in [0.2, 0.25) is 10.0 Å². The van der Waals surface area contributed by atoms with Gasteiger partial charge in [0.25, 0.3) is 0 Å². The topological polar surface area (TPSA) is 61.9 Å². The summed E-state index contributed by atoms with van der Waals surface area (Å²) in [5, 5.41) is 2.33. The third kappa shape index (κ3) is 5.27. The van der Waals surface area contributed by atoms with Crippen LogP contribution >= 0.6 is 0 Å².